The third kappa shape index (κ3) is 5.83. The molecule has 2 aromatic carbocycles. The molecule has 0 aliphatic heterocycles. The van der Waals surface area contributed by atoms with Crippen molar-refractivity contribution in [3.05, 3.63) is 65.5 Å². The fourth-order valence-corrected chi connectivity index (χ4v) is 3.28. The minimum atomic E-state index is -0.192. The number of hydrogen-bond acceptors (Lipinski definition) is 3. The van der Waals surface area contributed by atoms with Gasteiger partial charge in [-0.1, -0.05) is 49.6 Å². The maximum absolute atomic E-state index is 14.2. The molecule has 0 unspecified atom stereocenters. The first-order chi connectivity index (χ1) is 12.3. The van der Waals surface area contributed by atoms with Crippen LogP contribution < -0.4 is 10.9 Å². The Kier molecular flexibility index (Phi) is 6.83. The number of ether oxygens (including phenoxy) is 1. The van der Waals surface area contributed by atoms with Crippen molar-refractivity contribution in [3.8, 4) is 0 Å². The Morgan fingerprint density at radius 1 is 1.00 bits per heavy atom. The van der Waals surface area contributed by atoms with Gasteiger partial charge in [0.25, 0.3) is 0 Å². The van der Waals surface area contributed by atoms with E-state index in [9.17, 15) is 4.39 Å². The highest BCUT2D eigenvalue weighted by Gasteiger charge is 2.13. The third-order valence-corrected chi connectivity index (χ3v) is 4.75. The van der Waals surface area contributed by atoms with Crippen LogP contribution in [-0.4, -0.2) is 6.61 Å². The number of hydrogen-bond donors (Lipinski definition) is 2. The highest BCUT2D eigenvalue weighted by atomic mass is 19.1. The van der Waals surface area contributed by atoms with Crippen molar-refractivity contribution in [2.45, 2.75) is 45.3 Å². The zero-order valence-corrected chi connectivity index (χ0v) is 14.6. The molecule has 0 amide bonds. The normalized spacial score (nSPS) is 15.2. The second-order valence-corrected chi connectivity index (χ2v) is 6.79. The topological polar surface area (TPSA) is 33.3 Å². The van der Waals surface area contributed by atoms with Crippen molar-refractivity contribution >= 4 is 5.69 Å². The number of benzene rings is 2. The summed E-state index contributed by atoms with van der Waals surface area (Å²) in [5, 5.41) is 0. The Morgan fingerprint density at radius 3 is 2.56 bits per heavy atom. The summed E-state index contributed by atoms with van der Waals surface area (Å²) in [4.78, 5) is 0. The molecule has 0 aromatic heterocycles. The Morgan fingerprint density at radius 2 is 1.80 bits per heavy atom. The predicted molar refractivity (Wildman–Crippen MR) is 99.5 cm³/mol. The van der Waals surface area contributed by atoms with Crippen LogP contribution >= 0.6 is 0 Å². The molecular formula is C21H27FN2O. The first-order valence-corrected chi connectivity index (χ1v) is 9.20. The van der Waals surface area contributed by atoms with E-state index in [1.807, 2.05) is 42.5 Å². The SMILES string of the molecule is Fc1cc(CNNc2ccccc2)ccc1COCC1CCCCC1. The first kappa shape index (κ1) is 17.9. The Labute approximate surface area is 149 Å². The van der Waals surface area contributed by atoms with E-state index in [0.29, 0.717) is 24.6 Å². The lowest BCUT2D eigenvalue weighted by molar-refractivity contribution is 0.0723. The number of hydrazine groups is 1. The summed E-state index contributed by atoms with van der Waals surface area (Å²) >= 11 is 0. The van der Waals surface area contributed by atoms with E-state index in [4.69, 9.17) is 4.74 Å². The van der Waals surface area contributed by atoms with Gasteiger partial charge in [0, 0.05) is 24.4 Å². The molecule has 0 saturated heterocycles. The molecule has 0 bridgehead atoms. The first-order valence-electron chi connectivity index (χ1n) is 9.20. The zero-order valence-electron chi connectivity index (χ0n) is 14.6. The van der Waals surface area contributed by atoms with Gasteiger partial charge in [0.05, 0.1) is 6.61 Å². The van der Waals surface area contributed by atoms with E-state index in [0.717, 1.165) is 17.9 Å². The summed E-state index contributed by atoms with van der Waals surface area (Å²) in [5.41, 5.74) is 8.72. The number of anilines is 1. The number of nitrogens with one attached hydrogen (secondary N) is 2. The molecule has 25 heavy (non-hydrogen) atoms. The summed E-state index contributed by atoms with van der Waals surface area (Å²) in [5.74, 6) is 0.465. The zero-order chi connectivity index (χ0) is 17.3. The quantitative estimate of drug-likeness (QED) is 0.660. The van der Waals surface area contributed by atoms with Gasteiger partial charge in [-0.25, -0.2) is 9.82 Å². The van der Waals surface area contributed by atoms with Crippen molar-refractivity contribution in [1.82, 2.24) is 5.43 Å². The fourth-order valence-electron chi connectivity index (χ4n) is 3.28. The lowest BCUT2D eigenvalue weighted by Crippen LogP contribution is -2.20. The predicted octanol–water partition coefficient (Wildman–Crippen LogP) is 5.04. The van der Waals surface area contributed by atoms with Crippen LogP contribution in [-0.2, 0) is 17.9 Å². The van der Waals surface area contributed by atoms with Gasteiger partial charge in [-0.15, -0.1) is 0 Å². The molecule has 1 saturated carbocycles. The minimum Gasteiger partial charge on any atom is -0.376 e. The highest BCUT2D eigenvalue weighted by molar-refractivity contribution is 5.41. The number of rotatable bonds is 8. The van der Waals surface area contributed by atoms with Crippen molar-refractivity contribution in [3.63, 3.8) is 0 Å². The molecule has 1 fully saturated rings. The van der Waals surface area contributed by atoms with Crippen LogP contribution in [0.15, 0.2) is 48.5 Å². The monoisotopic (exact) mass is 342 g/mol. The molecule has 0 atom stereocenters. The molecule has 3 rings (SSSR count). The second-order valence-electron chi connectivity index (χ2n) is 6.79. The highest BCUT2D eigenvalue weighted by Crippen LogP contribution is 2.24. The number of halogens is 1. The van der Waals surface area contributed by atoms with Crippen LogP contribution in [0.25, 0.3) is 0 Å². The lowest BCUT2D eigenvalue weighted by Gasteiger charge is -2.21. The van der Waals surface area contributed by atoms with Gasteiger partial charge in [0.15, 0.2) is 0 Å². The van der Waals surface area contributed by atoms with E-state index in [2.05, 4.69) is 10.9 Å². The molecule has 1 aliphatic rings. The van der Waals surface area contributed by atoms with Crippen LogP contribution in [0.4, 0.5) is 10.1 Å². The van der Waals surface area contributed by atoms with Crippen molar-refractivity contribution in [2.24, 2.45) is 5.92 Å². The Bertz CT molecular complexity index is 642. The Hall–Kier alpha value is -1.91. The maximum Gasteiger partial charge on any atom is 0.129 e. The van der Waals surface area contributed by atoms with E-state index in [1.54, 1.807) is 6.07 Å². The van der Waals surface area contributed by atoms with Gasteiger partial charge in [-0.3, -0.25) is 0 Å². The second kappa shape index (κ2) is 9.54. The van der Waals surface area contributed by atoms with Gasteiger partial charge < -0.3 is 10.2 Å². The van der Waals surface area contributed by atoms with Crippen molar-refractivity contribution in [2.75, 3.05) is 12.0 Å². The van der Waals surface area contributed by atoms with E-state index in [-0.39, 0.29) is 5.82 Å². The molecule has 0 heterocycles. The van der Waals surface area contributed by atoms with Gasteiger partial charge >= 0.3 is 0 Å². The average molecular weight is 342 g/mol. The molecule has 0 radical (unpaired) electrons. The van der Waals surface area contributed by atoms with Crippen molar-refractivity contribution < 1.29 is 9.13 Å². The van der Waals surface area contributed by atoms with Crippen LogP contribution in [0.2, 0.25) is 0 Å². The summed E-state index contributed by atoms with van der Waals surface area (Å²) < 4.78 is 20.0. The maximum atomic E-state index is 14.2. The number of para-hydroxylation sites is 1. The smallest absolute Gasteiger partial charge is 0.129 e. The van der Waals surface area contributed by atoms with Crippen molar-refractivity contribution in [1.29, 1.82) is 0 Å². The molecule has 1 aliphatic carbocycles. The molecule has 2 aromatic rings. The minimum absolute atomic E-state index is 0.192. The molecular weight excluding hydrogens is 315 g/mol. The molecule has 134 valence electrons. The molecule has 4 heteroatoms. The van der Waals surface area contributed by atoms with E-state index < -0.39 is 0 Å². The van der Waals surface area contributed by atoms with E-state index in [1.165, 1.54) is 32.1 Å². The molecule has 3 nitrogen and oxygen atoms in total. The molecule has 0 spiro atoms. The van der Waals surface area contributed by atoms with Gasteiger partial charge in [0.2, 0.25) is 0 Å². The standard InChI is InChI=1S/C21H27FN2O/c22-21-13-18(14-23-24-20-9-5-2-6-10-20)11-12-19(21)16-25-15-17-7-3-1-4-8-17/h2,5-6,9-13,17,23-24H,1,3-4,7-8,14-16H2. The van der Waals surface area contributed by atoms with Gasteiger partial charge in [-0.2, -0.15) is 0 Å². The summed E-state index contributed by atoms with van der Waals surface area (Å²) in [6.07, 6.45) is 6.46. The van der Waals surface area contributed by atoms with Crippen LogP contribution in [0, 0.1) is 11.7 Å². The van der Waals surface area contributed by atoms with E-state index >= 15 is 0 Å². The van der Waals surface area contributed by atoms with Gasteiger partial charge in [0.1, 0.15) is 5.82 Å². The lowest BCUT2D eigenvalue weighted by atomic mass is 9.90. The summed E-state index contributed by atoms with van der Waals surface area (Å²) in [6, 6.07) is 15.2. The Balaban J connectivity index is 1.42. The van der Waals surface area contributed by atoms with Crippen LogP contribution in [0.1, 0.15) is 43.2 Å². The third-order valence-electron chi connectivity index (χ3n) is 4.75. The van der Waals surface area contributed by atoms with Gasteiger partial charge in [-0.05, 0) is 42.5 Å². The average Bonchev–Trinajstić information content (AvgIpc) is 2.65. The summed E-state index contributed by atoms with van der Waals surface area (Å²) in [6.45, 7) is 1.66. The fraction of sp³-hybridized carbons (Fsp3) is 0.429. The van der Waals surface area contributed by atoms with Crippen LogP contribution in [0.3, 0.4) is 0 Å². The molecule has 2 N–H and O–H groups in total. The summed E-state index contributed by atoms with van der Waals surface area (Å²) in [7, 11) is 0. The van der Waals surface area contributed by atoms with Crippen LogP contribution in [0.5, 0.6) is 0 Å². The largest absolute Gasteiger partial charge is 0.376 e.